The summed E-state index contributed by atoms with van der Waals surface area (Å²) in [5.41, 5.74) is 1.26. The first-order valence-corrected chi connectivity index (χ1v) is 6.94. The third-order valence-corrected chi connectivity index (χ3v) is 3.70. The quantitative estimate of drug-likeness (QED) is 0.928. The van der Waals surface area contributed by atoms with E-state index >= 15 is 0 Å². The largest absolute Gasteiger partial charge is 0.459 e. The number of nitrogens with zero attached hydrogens (tertiary/aromatic N) is 1. The van der Waals surface area contributed by atoms with Crippen molar-refractivity contribution in [3.05, 3.63) is 54.5 Å². The molecule has 1 aromatic heterocycles. The Morgan fingerprint density at radius 2 is 2.10 bits per heavy atom. The van der Waals surface area contributed by atoms with E-state index in [-0.39, 0.29) is 5.91 Å². The average molecular weight is 270 g/mol. The van der Waals surface area contributed by atoms with Gasteiger partial charge in [-0.15, -0.1) is 0 Å². The van der Waals surface area contributed by atoms with E-state index in [0.717, 1.165) is 19.5 Å². The fourth-order valence-corrected chi connectivity index (χ4v) is 2.60. The van der Waals surface area contributed by atoms with Crippen molar-refractivity contribution in [3.8, 4) is 0 Å². The highest BCUT2D eigenvalue weighted by Gasteiger charge is 2.23. The highest BCUT2D eigenvalue weighted by molar-refractivity contribution is 5.91. The normalized spacial score (nSPS) is 18.2. The van der Waals surface area contributed by atoms with Crippen molar-refractivity contribution in [1.29, 1.82) is 0 Å². The van der Waals surface area contributed by atoms with Crippen LogP contribution in [-0.4, -0.2) is 25.5 Å². The van der Waals surface area contributed by atoms with Crippen molar-refractivity contribution in [2.45, 2.75) is 6.42 Å². The molecule has 1 aliphatic heterocycles. The first kappa shape index (κ1) is 12.8. The lowest BCUT2D eigenvalue weighted by Gasteiger charge is -2.18. The number of hydrogen-bond donors (Lipinski definition) is 1. The van der Waals surface area contributed by atoms with Gasteiger partial charge in [0.2, 0.25) is 0 Å². The molecule has 0 aliphatic carbocycles. The maximum Gasteiger partial charge on any atom is 0.286 e. The molecule has 1 atom stereocenters. The van der Waals surface area contributed by atoms with Gasteiger partial charge in [-0.3, -0.25) is 4.79 Å². The van der Waals surface area contributed by atoms with Gasteiger partial charge in [-0.05, 0) is 36.6 Å². The van der Waals surface area contributed by atoms with Crippen molar-refractivity contribution in [1.82, 2.24) is 5.32 Å². The van der Waals surface area contributed by atoms with Crippen LogP contribution in [0, 0.1) is 5.92 Å². The van der Waals surface area contributed by atoms with Crippen molar-refractivity contribution < 1.29 is 9.21 Å². The number of hydrogen-bond acceptors (Lipinski definition) is 3. The van der Waals surface area contributed by atoms with E-state index in [2.05, 4.69) is 34.5 Å². The third kappa shape index (κ3) is 2.85. The maximum absolute atomic E-state index is 11.8. The number of rotatable bonds is 4. The van der Waals surface area contributed by atoms with Gasteiger partial charge in [0.1, 0.15) is 0 Å². The van der Waals surface area contributed by atoms with Crippen LogP contribution in [-0.2, 0) is 0 Å². The topological polar surface area (TPSA) is 45.5 Å². The molecule has 104 valence electrons. The van der Waals surface area contributed by atoms with Gasteiger partial charge in [0.15, 0.2) is 5.76 Å². The van der Waals surface area contributed by atoms with Crippen LogP contribution in [0.5, 0.6) is 0 Å². The smallest absolute Gasteiger partial charge is 0.286 e. The molecule has 4 heteroatoms. The van der Waals surface area contributed by atoms with Gasteiger partial charge < -0.3 is 14.6 Å². The van der Waals surface area contributed by atoms with Gasteiger partial charge in [-0.1, -0.05) is 18.2 Å². The zero-order chi connectivity index (χ0) is 13.8. The van der Waals surface area contributed by atoms with Crippen LogP contribution in [0.4, 0.5) is 5.69 Å². The molecule has 0 saturated carbocycles. The number of benzene rings is 1. The second-order valence-electron chi connectivity index (χ2n) is 5.12. The van der Waals surface area contributed by atoms with Gasteiger partial charge in [-0.25, -0.2) is 0 Å². The molecule has 4 nitrogen and oxygen atoms in total. The van der Waals surface area contributed by atoms with Crippen molar-refractivity contribution in [3.63, 3.8) is 0 Å². The Balaban J connectivity index is 1.50. The summed E-state index contributed by atoms with van der Waals surface area (Å²) in [6.07, 6.45) is 2.62. The Morgan fingerprint density at radius 1 is 1.25 bits per heavy atom. The summed E-state index contributed by atoms with van der Waals surface area (Å²) in [4.78, 5) is 14.2. The average Bonchev–Trinajstić information content (AvgIpc) is 3.17. The molecule has 1 aliphatic rings. The monoisotopic (exact) mass is 270 g/mol. The highest BCUT2D eigenvalue weighted by Crippen LogP contribution is 2.22. The van der Waals surface area contributed by atoms with Gasteiger partial charge >= 0.3 is 0 Å². The molecule has 1 aromatic carbocycles. The molecule has 1 amide bonds. The van der Waals surface area contributed by atoms with E-state index in [1.54, 1.807) is 12.1 Å². The summed E-state index contributed by atoms with van der Waals surface area (Å²) >= 11 is 0. The first-order valence-electron chi connectivity index (χ1n) is 6.94. The van der Waals surface area contributed by atoms with E-state index in [9.17, 15) is 4.79 Å². The number of carbonyl (C=O) groups is 1. The predicted octanol–water partition coefficient (Wildman–Crippen LogP) is 2.54. The summed E-state index contributed by atoms with van der Waals surface area (Å²) in [7, 11) is 0. The number of amides is 1. The SMILES string of the molecule is O=C(NCC1CCN(c2ccccc2)C1)c1ccco1. The Bertz CT molecular complexity index is 551. The standard InChI is InChI=1S/C16H18N2O2/c19-16(15-7-4-10-20-15)17-11-13-8-9-18(12-13)14-5-2-1-3-6-14/h1-7,10,13H,8-9,11-12H2,(H,17,19). The summed E-state index contributed by atoms with van der Waals surface area (Å²) in [6.45, 7) is 2.73. The number of anilines is 1. The van der Waals surface area contributed by atoms with E-state index in [1.165, 1.54) is 12.0 Å². The Morgan fingerprint density at radius 3 is 2.85 bits per heavy atom. The van der Waals surface area contributed by atoms with Crippen molar-refractivity contribution in [2.75, 3.05) is 24.5 Å². The fourth-order valence-electron chi connectivity index (χ4n) is 2.60. The van der Waals surface area contributed by atoms with Crippen molar-refractivity contribution in [2.24, 2.45) is 5.92 Å². The highest BCUT2D eigenvalue weighted by atomic mass is 16.3. The van der Waals surface area contributed by atoms with Crippen LogP contribution in [0.25, 0.3) is 0 Å². The third-order valence-electron chi connectivity index (χ3n) is 3.70. The maximum atomic E-state index is 11.8. The number of carbonyl (C=O) groups excluding carboxylic acids is 1. The predicted molar refractivity (Wildman–Crippen MR) is 77.8 cm³/mol. The molecule has 0 spiro atoms. The molecule has 0 bridgehead atoms. The van der Waals surface area contributed by atoms with Crippen LogP contribution in [0.2, 0.25) is 0 Å². The molecule has 2 heterocycles. The minimum Gasteiger partial charge on any atom is -0.459 e. The molecule has 3 rings (SSSR count). The number of nitrogens with one attached hydrogen (secondary N) is 1. The summed E-state index contributed by atoms with van der Waals surface area (Å²) in [5.74, 6) is 0.741. The van der Waals surface area contributed by atoms with Gasteiger partial charge in [0, 0.05) is 25.3 Å². The molecule has 1 unspecified atom stereocenters. The molecule has 2 aromatic rings. The van der Waals surface area contributed by atoms with Gasteiger partial charge in [0.05, 0.1) is 6.26 Å². The van der Waals surface area contributed by atoms with Gasteiger partial charge in [0.25, 0.3) is 5.91 Å². The molecule has 0 radical (unpaired) electrons. The lowest BCUT2D eigenvalue weighted by Crippen LogP contribution is -2.30. The van der Waals surface area contributed by atoms with Crippen LogP contribution in [0.15, 0.2) is 53.1 Å². The lowest BCUT2D eigenvalue weighted by molar-refractivity contribution is 0.0920. The van der Waals surface area contributed by atoms with Crippen LogP contribution in [0.1, 0.15) is 17.0 Å². The summed E-state index contributed by atoms with van der Waals surface area (Å²) < 4.78 is 5.08. The summed E-state index contributed by atoms with van der Waals surface area (Å²) in [5, 5.41) is 2.94. The van der Waals surface area contributed by atoms with E-state index in [1.807, 2.05) is 6.07 Å². The van der Waals surface area contributed by atoms with Crippen LogP contribution < -0.4 is 10.2 Å². The minimum absolute atomic E-state index is 0.131. The van der Waals surface area contributed by atoms with Crippen LogP contribution >= 0.6 is 0 Å². The Kier molecular flexibility index (Phi) is 3.72. The fraction of sp³-hybridized carbons (Fsp3) is 0.312. The summed E-state index contributed by atoms with van der Waals surface area (Å²) in [6, 6.07) is 13.8. The zero-order valence-electron chi connectivity index (χ0n) is 11.3. The Hall–Kier alpha value is -2.23. The van der Waals surface area contributed by atoms with E-state index < -0.39 is 0 Å². The Labute approximate surface area is 118 Å². The second-order valence-corrected chi connectivity index (χ2v) is 5.12. The number of furan rings is 1. The molecule has 1 saturated heterocycles. The first-order chi connectivity index (χ1) is 9.83. The number of para-hydroxylation sites is 1. The molecular formula is C16H18N2O2. The van der Waals surface area contributed by atoms with Crippen molar-refractivity contribution >= 4 is 11.6 Å². The minimum atomic E-state index is -0.131. The van der Waals surface area contributed by atoms with E-state index in [4.69, 9.17) is 4.42 Å². The zero-order valence-corrected chi connectivity index (χ0v) is 11.3. The molecular weight excluding hydrogens is 252 g/mol. The van der Waals surface area contributed by atoms with E-state index in [0.29, 0.717) is 18.2 Å². The second kappa shape index (κ2) is 5.82. The van der Waals surface area contributed by atoms with Crippen LogP contribution in [0.3, 0.4) is 0 Å². The molecule has 20 heavy (non-hydrogen) atoms. The lowest BCUT2D eigenvalue weighted by atomic mass is 10.1. The molecule has 1 fully saturated rings. The molecule has 1 N–H and O–H groups in total. The van der Waals surface area contributed by atoms with Gasteiger partial charge in [-0.2, -0.15) is 0 Å².